The third kappa shape index (κ3) is 14.9. The summed E-state index contributed by atoms with van der Waals surface area (Å²) in [6.07, 6.45) is 3.69. The van der Waals surface area contributed by atoms with Crippen molar-refractivity contribution in [2.45, 2.75) is 61.2 Å². The Labute approximate surface area is 151 Å². The van der Waals surface area contributed by atoms with Crippen molar-refractivity contribution in [3.63, 3.8) is 0 Å². The molecule has 2 N–H and O–H groups in total. The number of alkyl halides is 2. The molecule has 5 heteroatoms. The Morgan fingerprint density at radius 2 is 1.80 bits per heavy atom. The minimum Gasteiger partial charge on any atom is -0.465 e. The van der Waals surface area contributed by atoms with Gasteiger partial charge < -0.3 is 10.4 Å². The van der Waals surface area contributed by atoms with Crippen LogP contribution in [0, 0.1) is 5.92 Å². The molecule has 1 amide bonds. The first kappa shape index (κ1) is 22.7. The first-order chi connectivity index (χ1) is 9.26. The van der Waals surface area contributed by atoms with Crippen LogP contribution in [0.2, 0.25) is 0 Å². The maximum Gasteiger partial charge on any atom is 0.404 e. The number of carboxylic acid groups (broad SMARTS) is 1. The smallest absolute Gasteiger partial charge is 0.404 e. The van der Waals surface area contributed by atoms with E-state index in [0.717, 1.165) is 12.8 Å². The number of halogens is 2. The second kappa shape index (κ2) is 14.4. The zero-order valence-corrected chi connectivity index (χ0v) is 17.4. The SMILES string of the molecule is C=C(CCC)C(C)I.CCCC(CNC(=O)O)C(C)I. The molecule has 3 atom stereocenters. The molecule has 0 aromatic heterocycles. The van der Waals surface area contributed by atoms with Gasteiger partial charge in [0.25, 0.3) is 0 Å². The van der Waals surface area contributed by atoms with Gasteiger partial charge >= 0.3 is 6.09 Å². The van der Waals surface area contributed by atoms with E-state index in [1.807, 2.05) is 0 Å². The van der Waals surface area contributed by atoms with Crippen LogP contribution in [0.4, 0.5) is 4.79 Å². The molecule has 0 spiro atoms. The Hall–Kier alpha value is 0.470. The molecule has 0 radical (unpaired) electrons. The van der Waals surface area contributed by atoms with Crippen LogP contribution in [0.5, 0.6) is 0 Å². The fourth-order valence-corrected chi connectivity index (χ4v) is 2.53. The van der Waals surface area contributed by atoms with Crippen LogP contribution in [0.15, 0.2) is 12.2 Å². The van der Waals surface area contributed by atoms with Crippen molar-refractivity contribution in [2.75, 3.05) is 6.54 Å². The van der Waals surface area contributed by atoms with E-state index < -0.39 is 6.09 Å². The molecular formula is C15H29I2NO2. The van der Waals surface area contributed by atoms with Crippen molar-refractivity contribution in [3.8, 4) is 0 Å². The summed E-state index contributed by atoms with van der Waals surface area (Å²) in [4.78, 5) is 10.2. The topological polar surface area (TPSA) is 49.3 Å². The van der Waals surface area contributed by atoms with Gasteiger partial charge in [-0.15, -0.1) is 0 Å². The molecule has 0 heterocycles. The largest absolute Gasteiger partial charge is 0.465 e. The van der Waals surface area contributed by atoms with Crippen LogP contribution in [-0.2, 0) is 0 Å². The third-order valence-corrected chi connectivity index (χ3v) is 4.86. The summed E-state index contributed by atoms with van der Waals surface area (Å²) >= 11 is 4.73. The lowest BCUT2D eigenvalue weighted by atomic mass is 10.0. The first-order valence-corrected chi connectivity index (χ1v) is 9.67. The first-order valence-electron chi connectivity index (χ1n) is 7.18. The average Bonchev–Trinajstić information content (AvgIpc) is 2.34. The molecule has 3 unspecified atom stereocenters. The lowest BCUT2D eigenvalue weighted by Gasteiger charge is -2.18. The lowest BCUT2D eigenvalue weighted by molar-refractivity contribution is 0.192. The molecule has 120 valence electrons. The molecule has 0 aliphatic rings. The number of nitrogens with one attached hydrogen (secondary N) is 1. The van der Waals surface area contributed by atoms with Gasteiger partial charge in [-0.05, 0) is 25.7 Å². The number of rotatable bonds is 8. The summed E-state index contributed by atoms with van der Waals surface area (Å²) in [6, 6.07) is 0. The second-order valence-corrected chi connectivity index (χ2v) is 8.77. The maximum atomic E-state index is 10.2. The molecule has 0 saturated heterocycles. The van der Waals surface area contributed by atoms with Crippen LogP contribution < -0.4 is 5.32 Å². The molecule has 0 aliphatic heterocycles. The molecule has 0 saturated carbocycles. The van der Waals surface area contributed by atoms with Crippen molar-refractivity contribution in [1.82, 2.24) is 5.32 Å². The summed E-state index contributed by atoms with van der Waals surface area (Å²) in [5, 5.41) is 10.8. The van der Waals surface area contributed by atoms with E-state index in [4.69, 9.17) is 5.11 Å². The van der Waals surface area contributed by atoms with Crippen molar-refractivity contribution >= 4 is 51.3 Å². The van der Waals surface area contributed by atoms with Crippen LogP contribution in [-0.4, -0.2) is 25.6 Å². The van der Waals surface area contributed by atoms with Gasteiger partial charge in [0, 0.05) is 14.4 Å². The predicted molar refractivity (Wildman–Crippen MR) is 105 cm³/mol. The van der Waals surface area contributed by atoms with Gasteiger partial charge in [0.1, 0.15) is 0 Å². The quantitative estimate of drug-likeness (QED) is 0.252. The van der Waals surface area contributed by atoms with E-state index in [1.54, 1.807) is 0 Å². The van der Waals surface area contributed by atoms with Crippen LogP contribution in [0.1, 0.15) is 53.4 Å². The molecule has 0 fully saturated rings. The Kier molecular flexibility index (Phi) is 16.4. The van der Waals surface area contributed by atoms with Gasteiger partial charge in [0.15, 0.2) is 0 Å². The number of hydrogen-bond acceptors (Lipinski definition) is 1. The van der Waals surface area contributed by atoms with E-state index in [2.05, 4.69) is 84.8 Å². The standard InChI is InChI=1S/C8H16INO2.C7H13I/c1-3-4-7(6(2)9)5-10-8(11)12;1-4-5-6(2)7(3)8/h6-7,10H,3-5H2,1-2H3,(H,11,12);7H,2,4-5H2,1,3H3. The Morgan fingerprint density at radius 1 is 1.25 bits per heavy atom. The maximum absolute atomic E-state index is 10.2. The van der Waals surface area contributed by atoms with Crippen molar-refractivity contribution < 1.29 is 9.90 Å². The Bertz CT molecular complexity index is 269. The third-order valence-electron chi connectivity index (χ3n) is 2.96. The highest BCUT2D eigenvalue weighted by Crippen LogP contribution is 2.17. The molecule has 3 nitrogen and oxygen atoms in total. The summed E-state index contributed by atoms with van der Waals surface area (Å²) in [5.74, 6) is 0.465. The van der Waals surface area contributed by atoms with Gasteiger partial charge in [-0.3, -0.25) is 0 Å². The van der Waals surface area contributed by atoms with Crippen LogP contribution in [0.3, 0.4) is 0 Å². The molecule has 0 aliphatic carbocycles. The molecule has 20 heavy (non-hydrogen) atoms. The number of carbonyl (C=O) groups is 1. The van der Waals surface area contributed by atoms with Gasteiger partial charge in [-0.25, -0.2) is 4.79 Å². The number of allylic oxidation sites excluding steroid dienone is 1. The van der Waals surface area contributed by atoms with Crippen LogP contribution >= 0.6 is 45.2 Å². The van der Waals surface area contributed by atoms with Crippen molar-refractivity contribution in [2.24, 2.45) is 5.92 Å². The highest BCUT2D eigenvalue weighted by Gasteiger charge is 2.13. The second-order valence-electron chi connectivity index (χ2n) is 4.94. The molecule has 0 bridgehead atoms. The van der Waals surface area contributed by atoms with E-state index >= 15 is 0 Å². The zero-order valence-electron chi connectivity index (χ0n) is 13.1. The fourth-order valence-electron chi connectivity index (χ4n) is 1.60. The lowest BCUT2D eigenvalue weighted by Crippen LogP contribution is -2.30. The highest BCUT2D eigenvalue weighted by atomic mass is 127. The fraction of sp³-hybridized carbons (Fsp3) is 0.800. The average molecular weight is 509 g/mol. The Balaban J connectivity index is 0. The summed E-state index contributed by atoms with van der Waals surface area (Å²) in [6.45, 7) is 13.1. The zero-order chi connectivity index (χ0) is 16.1. The monoisotopic (exact) mass is 509 g/mol. The molecule has 0 aromatic carbocycles. The normalized spacial score (nSPS) is 14.5. The van der Waals surface area contributed by atoms with Gasteiger partial charge in [0.2, 0.25) is 0 Å². The predicted octanol–water partition coefficient (Wildman–Crippen LogP) is 5.66. The minimum absolute atomic E-state index is 0.465. The molecular weight excluding hydrogens is 480 g/mol. The molecule has 0 rings (SSSR count). The number of hydrogen-bond donors (Lipinski definition) is 2. The highest BCUT2D eigenvalue weighted by molar-refractivity contribution is 14.1. The van der Waals surface area contributed by atoms with E-state index in [0.29, 0.717) is 20.3 Å². The van der Waals surface area contributed by atoms with Crippen molar-refractivity contribution in [3.05, 3.63) is 12.2 Å². The summed E-state index contributed by atoms with van der Waals surface area (Å²) in [5.41, 5.74) is 1.37. The summed E-state index contributed by atoms with van der Waals surface area (Å²) < 4.78 is 1.17. The van der Waals surface area contributed by atoms with E-state index in [9.17, 15) is 4.79 Å². The van der Waals surface area contributed by atoms with Gasteiger partial charge in [0.05, 0.1) is 0 Å². The van der Waals surface area contributed by atoms with Gasteiger partial charge in [-0.1, -0.05) is 90.9 Å². The Morgan fingerprint density at radius 3 is 2.05 bits per heavy atom. The number of amides is 1. The van der Waals surface area contributed by atoms with Gasteiger partial charge in [-0.2, -0.15) is 0 Å². The van der Waals surface area contributed by atoms with Crippen molar-refractivity contribution in [1.29, 1.82) is 0 Å². The minimum atomic E-state index is -0.923. The van der Waals surface area contributed by atoms with Crippen LogP contribution in [0.25, 0.3) is 0 Å². The van der Waals surface area contributed by atoms with E-state index in [-0.39, 0.29) is 0 Å². The molecule has 0 aromatic rings. The van der Waals surface area contributed by atoms with E-state index in [1.165, 1.54) is 18.4 Å². The summed E-state index contributed by atoms with van der Waals surface area (Å²) in [7, 11) is 0.